The molecule has 0 aliphatic rings. The molecule has 0 atom stereocenters. The van der Waals surface area contributed by atoms with Gasteiger partial charge in [0.25, 0.3) is 5.91 Å². The van der Waals surface area contributed by atoms with Gasteiger partial charge in [-0.2, -0.15) is 5.10 Å². The predicted octanol–water partition coefficient (Wildman–Crippen LogP) is 1.89. The first-order chi connectivity index (χ1) is 9.08. The van der Waals surface area contributed by atoms with Crippen LogP contribution < -0.4 is 10.6 Å². The smallest absolute Gasteiger partial charge is 0.260 e. The maximum atomic E-state index is 12.2. The van der Waals surface area contributed by atoms with Crippen LogP contribution in [0.5, 0.6) is 0 Å². The molecule has 2 aromatic heterocycles. The summed E-state index contributed by atoms with van der Waals surface area (Å²) in [7, 11) is 1.77. The molecular weight excluding hydrogens is 242 g/mol. The Morgan fingerprint density at radius 2 is 2.11 bits per heavy atom. The van der Waals surface area contributed by atoms with Crippen molar-refractivity contribution < 1.29 is 4.79 Å². The van der Waals surface area contributed by atoms with Crippen LogP contribution in [0.2, 0.25) is 0 Å². The van der Waals surface area contributed by atoms with Gasteiger partial charge in [-0.15, -0.1) is 0 Å². The van der Waals surface area contributed by atoms with Gasteiger partial charge in [0.1, 0.15) is 11.6 Å². The third-order valence-corrected chi connectivity index (χ3v) is 2.54. The molecule has 19 heavy (non-hydrogen) atoms. The minimum Gasteiger partial charge on any atom is -0.367 e. The first-order valence-electron chi connectivity index (χ1n) is 6.09. The lowest BCUT2D eigenvalue weighted by Gasteiger charge is -2.13. The van der Waals surface area contributed by atoms with Crippen molar-refractivity contribution in [3.8, 4) is 0 Å². The van der Waals surface area contributed by atoms with E-state index in [2.05, 4.69) is 20.7 Å². The molecule has 0 spiro atoms. The Bertz CT molecular complexity index is 576. The monoisotopic (exact) mass is 259 g/mol. The highest BCUT2D eigenvalue weighted by Crippen LogP contribution is 2.15. The van der Waals surface area contributed by atoms with Gasteiger partial charge in [-0.3, -0.25) is 9.48 Å². The van der Waals surface area contributed by atoms with Gasteiger partial charge in [-0.05, 0) is 26.0 Å². The average Bonchev–Trinajstić information content (AvgIpc) is 2.75. The van der Waals surface area contributed by atoms with Crippen molar-refractivity contribution in [3.63, 3.8) is 0 Å². The van der Waals surface area contributed by atoms with E-state index in [9.17, 15) is 4.79 Å². The zero-order chi connectivity index (χ0) is 13.8. The third-order valence-electron chi connectivity index (χ3n) is 2.54. The molecule has 0 aromatic carbocycles. The highest BCUT2D eigenvalue weighted by atomic mass is 16.1. The fourth-order valence-corrected chi connectivity index (χ4v) is 1.66. The summed E-state index contributed by atoms with van der Waals surface area (Å²) in [5.41, 5.74) is 0.511. The highest BCUT2D eigenvalue weighted by Gasteiger charge is 2.14. The molecule has 0 bridgehead atoms. The standard InChI is InChI=1S/C13H17N5O/c1-9(2)16-12-10(5-4-7-14-12)13(19)17-11-6-8-15-18(11)3/h4-9H,1-3H3,(H,14,16)(H,17,19). The van der Waals surface area contributed by atoms with Crippen LogP contribution in [-0.4, -0.2) is 26.7 Å². The normalized spacial score (nSPS) is 10.5. The minimum atomic E-state index is -0.208. The Balaban J connectivity index is 2.21. The van der Waals surface area contributed by atoms with Crippen molar-refractivity contribution >= 4 is 17.5 Å². The van der Waals surface area contributed by atoms with Gasteiger partial charge in [0.15, 0.2) is 0 Å². The lowest BCUT2D eigenvalue weighted by Crippen LogP contribution is -2.19. The first-order valence-corrected chi connectivity index (χ1v) is 6.09. The van der Waals surface area contributed by atoms with Gasteiger partial charge in [0.2, 0.25) is 0 Å². The molecule has 6 heteroatoms. The predicted molar refractivity (Wildman–Crippen MR) is 74.2 cm³/mol. The van der Waals surface area contributed by atoms with Gasteiger partial charge < -0.3 is 10.6 Å². The second-order valence-corrected chi connectivity index (χ2v) is 4.49. The topological polar surface area (TPSA) is 71.8 Å². The number of carbonyl (C=O) groups excluding carboxylic acids is 1. The van der Waals surface area contributed by atoms with E-state index in [1.54, 1.807) is 42.3 Å². The van der Waals surface area contributed by atoms with E-state index in [1.807, 2.05) is 13.8 Å². The molecule has 2 N–H and O–H groups in total. The van der Waals surface area contributed by atoms with Crippen LogP contribution in [0.1, 0.15) is 24.2 Å². The fraction of sp³-hybridized carbons (Fsp3) is 0.308. The number of carbonyl (C=O) groups is 1. The van der Waals surface area contributed by atoms with Gasteiger partial charge >= 0.3 is 0 Å². The molecule has 6 nitrogen and oxygen atoms in total. The van der Waals surface area contributed by atoms with E-state index >= 15 is 0 Å². The van der Waals surface area contributed by atoms with Gasteiger partial charge in [-0.1, -0.05) is 0 Å². The molecule has 0 aliphatic carbocycles. The molecular formula is C13H17N5O. The van der Waals surface area contributed by atoms with Crippen molar-refractivity contribution in [2.24, 2.45) is 7.05 Å². The molecule has 2 aromatic rings. The van der Waals surface area contributed by atoms with Crippen molar-refractivity contribution in [2.45, 2.75) is 19.9 Å². The SMILES string of the molecule is CC(C)Nc1ncccc1C(=O)Nc1ccnn1C. The summed E-state index contributed by atoms with van der Waals surface area (Å²) < 4.78 is 1.60. The lowest BCUT2D eigenvalue weighted by atomic mass is 10.2. The zero-order valence-electron chi connectivity index (χ0n) is 11.2. The van der Waals surface area contributed by atoms with Crippen LogP contribution in [0, 0.1) is 0 Å². The molecule has 1 amide bonds. The fourth-order valence-electron chi connectivity index (χ4n) is 1.66. The molecule has 0 unspecified atom stereocenters. The summed E-state index contributed by atoms with van der Waals surface area (Å²) in [5, 5.41) is 9.96. The summed E-state index contributed by atoms with van der Waals surface area (Å²) in [6, 6.07) is 5.43. The number of anilines is 2. The molecule has 0 radical (unpaired) electrons. The largest absolute Gasteiger partial charge is 0.367 e. The summed E-state index contributed by atoms with van der Waals surface area (Å²) in [4.78, 5) is 16.4. The maximum Gasteiger partial charge on any atom is 0.260 e. The van der Waals surface area contributed by atoms with Crippen LogP contribution in [0.3, 0.4) is 0 Å². The van der Waals surface area contributed by atoms with Gasteiger partial charge in [0.05, 0.1) is 11.8 Å². The molecule has 2 rings (SSSR count). The number of aryl methyl sites for hydroxylation is 1. The van der Waals surface area contributed by atoms with Crippen LogP contribution in [0.4, 0.5) is 11.6 Å². The Labute approximate surface area is 111 Å². The number of hydrogen-bond acceptors (Lipinski definition) is 4. The number of nitrogens with zero attached hydrogens (tertiary/aromatic N) is 3. The first kappa shape index (κ1) is 13.1. The quantitative estimate of drug-likeness (QED) is 0.879. The molecule has 0 saturated heterocycles. The van der Waals surface area contributed by atoms with Gasteiger partial charge in [-0.25, -0.2) is 4.98 Å². The Hall–Kier alpha value is -2.37. The molecule has 0 saturated carbocycles. The second-order valence-electron chi connectivity index (χ2n) is 4.49. The van der Waals surface area contributed by atoms with Crippen LogP contribution in [-0.2, 0) is 7.05 Å². The number of nitrogens with one attached hydrogen (secondary N) is 2. The summed E-state index contributed by atoms with van der Waals surface area (Å²) >= 11 is 0. The molecule has 2 heterocycles. The zero-order valence-corrected chi connectivity index (χ0v) is 11.2. The summed E-state index contributed by atoms with van der Waals surface area (Å²) in [6.45, 7) is 4.00. The summed E-state index contributed by atoms with van der Waals surface area (Å²) in [6.07, 6.45) is 3.29. The van der Waals surface area contributed by atoms with Crippen molar-refractivity contribution in [1.29, 1.82) is 0 Å². The van der Waals surface area contributed by atoms with E-state index in [0.717, 1.165) is 0 Å². The maximum absolute atomic E-state index is 12.2. The minimum absolute atomic E-state index is 0.207. The van der Waals surface area contributed by atoms with Crippen LogP contribution >= 0.6 is 0 Å². The Morgan fingerprint density at radius 1 is 1.32 bits per heavy atom. The molecule has 0 fully saturated rings. The van der Waals surface area contributed by atoms with E-state index in [-0.39, 0.29) is 11.9 Å². The van der Waals surface area contributed by atoms with E-state index in [1.165, 1.54) is 0 Å². The van der Waals surface area contributed by atoms with Crippen molar-refractivity contribution in [1.82, 2.24) is 14.8 Å². The number of pyridine rings is 1. The molecule has 0 aliphatic heterocycles. The number of amides is 1. The highest BCUT2D eigenvalue weighted by molar-refractivity contribution is 6.07. The number of rotatable bonds is 4. The van der Waals surface area contributed by atoms with Gasteiger partial charge in [0, 0.05) is 25.4 Å². The number of hydrogen-bond donors (Lipinski definition) is 2. The Kier molecular flexibility index (Phi) is 3.79. The van der Waals surface area contributed by atoms with Crippen LogP contribution in [0.15, 0.2) is 30.6 Å². The third kappa shape index (κ3) is 3.09. The van der Waals surface area contributed by atoms with E-state index in [0.29, 0.717) is 17.2 Å². The molecule has 100 valence electrons. The van der Waals surface area contributed by atoms with Crippen LogP contribution in [0.25, 0.3) is 0 Å². The average molecular weight is 259 g/mol. The summed E-state index contributed by atoms with van der Waals surface area (Å²) in [5.74, 6) is 1.02. The number of aromatic nitrogens is 3. The van der Waals surface area contributed by atoms with Crippen molar-refractivity contribution in [3.05, 3.63) is 36.2 Å². The Morgan fingerprint density at radius 3 is 2.74 bits per heavy atom. The lowest BCUT2D eigenvalue weighted by molar-refractivity contribution is 0.102. The van der Waals surface area contributed by atoms with Crippen molar-refractivity contribution in [2.75, 3.05) is 10.6 Å². The van der Waals surface area contributed by atoms with E-state index < -0.39 is 0 Å². The second kappa shape index (κ2) is 5.51. The van der Waals surface area contributed by atoms with E-state index in [4.69, 9.17) is 0 Å².